The van der Waals surface area contributed by atoms with E-state index in [0.717, 1.165) is 0 Å². The molecule has 1 aliphatic carbocycles. The predicted molar refractivity (Wildman–Crippen MR) is 106 cm³/mol. The van der Waals surface area contributed by atoms with Gasteiger partial charge in [0.2, 0.25) is 5.91 Å². The Morgan fingerprint density at radius 2 is 1.86 bits per heavy atom. The van der Waals surface area contributed by atoms with Gasteiger partial charge in [0.1, 0.15) is 16.7 Å². The van der Waals surface area contributed by atoms with Crippen LogP contribution in [0.2, 0.25) is 10.0 Å². The Kier molecular flexibility index (Phi) is 9.45. The van der Waals surface area contributed by atoms with Crippen molar-refractivity contribution in [1.29, 1.82) is 0 Å². The highest BCUT2D eigenvalue weighted by Gasteiger charge is 2.34. The summed E-state index contributed by atoms with van der Waals surface area (Å²) in [6.45, 7) is 3.32. The molecule has 1 aromatic rings. The Hall–Kier alpha value is -2.09. The Bertz CT molecular complexity index is 778. The number of nitrogens with two attached hydrogens (primary N) is 1. The largest absolute Gasteiger partial charge is 0.480 e. The first kappa shape index (κ1) is 23.9. The first-order chi connectivity index (χ1) is 13.2. The normalized spacial score (nSPS) is 18.6. The second-order valence-electron chi connectivity index (χ2n) is 6.04. The molecule has 1 aromatic carbocycles. The number of rotatable bonds is 6. The van der Waals surface area contributed by atoms with Crippen LogP contribution in [-0.4, -0.2) is 41.1 Å². The van der Waals surface area contributed by atoms with Crippen molar-refractivity contribution in [1.82, 2.24) is 0 Å². The van der Waals surface area contributed by atoms with Crippen molar-refractivity contribution in [2.24, 2.45) is 17.6 Å². The van der Waals surface area contributed by atoms with E-state index in [1.165, 1.54) is 12.1 Å². The number of benzene rings is 1. The first-order valence-electron chi connectivity index (χ1n) is 8.66. The summed E-state index contributed by atoms with van der Waals surface area (Å²) >= 11 is 12.5. The van der Waals surface area contributed by atoms with E-state index in [0.29, 0.717) is 24.0 Å². The number of carbonyl (C=O) groups excluding carboxylic acids is 2. The van der Waals surface area contributed by atoms with Crippen LogP contribution in [0.1, 0.15) is 32.3 Å². The number of hydrogen-bond donors (Lipinski definition) is 3. The van der Waals surface area contributed by atoms with Crippen LogP contribution in [0.3, 0.4) is 0 Å². The lowest BCUT2D eigenvalue weighted by atomic mass is 9.76. The van der Waals surface area contributed by atoms with E-state index >= 15 is 0 Å². The molecule has 0 saturated heterocycles. The Morgan fingerprint density at radius 1 is 1.25 bits per heavy atom. The molecule has 1 aliphatic rings. The van der Waals surface area contributed by atoms with E-state index in [-0.39, 0.29) is 34.1 Å². The third-order valence-electron chi connectivity index (χ3n) is 4.15. The summed E-state index contributed by atoms with van der Waals surface area (Å²) in [5.74, 6) is -2.90. The topological polar surface area (TPSA) is 127 Å². The molecule has 2 unspecified atom stereocenters. The summed E-state index contributed by atoms with van der Waals surface area (Å²) in [6, 6.07) is 3.13. The molecule has 0 radical (unpaired) electrons. The number of carboxylic acid groups (broad SMARTS) is 1. The predicted octanol–water partition coefficient (Wildman–Crippen LogP) is 2.94. The molecule has 0 aromatic heterocycles. The molecule has 0 aliphatic heterocycles. The van der Waals surface area contributed by atoms with Gasteiger partial charge < -0.3 is 20.7 Å². The molecular weight excluding hydrogens is 409 g/mol. The number of carboxylic acids is 1. The molecule has 0 heterocycles. The minimum atomic E-state index is -1.14. The number of carbonyl (C=O) groups is 3. The van der Waals surface area contributed by atoms with Crippen molar-refractivity contribution in [3.63, 3.8) is 0 Å². The standard InChI is InChI=1S/C17H17Cl2NO5.C2H6O/c1-2-8-5-11(17(20)24)12(21)6-10(8)9-3-4-13(16(19)15(9)18)25-7-14(22)23;1-2-3/h3-4,6,8,11H,2,5,7H2,1H3,(H2,20,24)(H,22,23);3H,2H2,1H3. The van der Waals surface area contributed by atoms with Crippen molar-refractivity contribution in [2.75, 3.05) is 13.2 Å². The zero-order valence-corrected chi connectivity index (χ0v) is 17.1. The second-order valence-corrected chi connectivity index (χ2v) is 6.79. The number of aliphatic carboxylic acids is 1. The third-order valence-corrected chi connectivity index (χ3v) is 5.01. The van der Waals surface area contributed by atoms with Crippen LogP contribution in [0.4, 0.5) is 0 Å². The summed E-state index contributed by atoms with van der Waals surface area (Å²) in [5, 5.41) is 16.5. The fraction of sp³-hybridized carbons (Fsp3) is 0.421. The van der Waals surface area contributed by atoms with Crippen LogP contribution in [0.25, 0.3) is 5.57 Å². The van der Waals surface area contributed by atoms with Crippen molar-refractivity contribution < 1.29 is 29.3 Å². The van der Waals surface area contributed by atoms with Crippen LogP contribution in [0.5, 0.6) is 5.75 Å². The molecule has 4 N–H and O–H groups in total. The molecule has 2 rings (SSSR count). The fourth-order valence-corrected chi connectivity index (χ4v) is 3.33. The number of aliphatic hydroxyl groups is 1. The minimum Gasteiger partial charge on any atom is -0.480 e. The number of hydrogen-bond acceptors (Lipinski definition) is 5. The lowest BCUT2D eigenvalue weighted by Crippen LogP contribution is -2.34. The highest BCUT2D eigenvalue weighted by molar-refractivity contribution is 6.44. The van der Waals surface area contributed by atoms with Gasteiger partial charge in [-0.25, -0.2) is 4.79 Å². The van der Waals surface area contributed by atoms with Gasteiger partial charge in [-0.3, -0.25) is 9.59 Å². The summed E-state index contributed by atoms with van der Waals surface area (Å²) in [6.07, 6.45) is 2.40. The van der Waals surface area contributed by atoms with Crippen LogP contribution in [0.15, 0.2) is 18.2 Å². The van der Waals surface area contributed by atoms with Gasteiger partial charge in [0.25, 0.3) is 0 Å². The molecule has 0 saturated carbocycles. The van der Waals surface area contributed by atoms with Gasteiger partial charge in [-0.1, -0.05) is 30.1 Å². The van der Waals surface area contributed by atoms with Crippen molar-refractivity contribution in [3.8, 4) is 5.75 Å². The van der Waals surface area contributed by atoms with Gasteiger partial charge in [-0.05, 0) is 55.0 Å². The van der Waals surface area contributed by atoms with Crippen LogP contribution in [-0.2, 0) is 14.4 Å². The molecule has 28 heavy (non-hydrogen) atoms. The Labute approximate surface area is 173 Å². The SMILES string of the molecule is CCC1CC(C(N)=O)C(=O)C=C1c1ccc(OCC(=O)O)c(Cl)c1Cl.CCO. The summed E-state index contributed by atoms with van der Waals surface area (Å²) < 4.78 is 5.08. The molecule has 0 fully saturated rings. The second kappa shape index (κ2) is 11.0. The smallest absolute Gasteiger partial charge is 0.341 e. The number of amides is 1. The molecule has 0 bridgehead atoms. The first-order valence-corrected chi connectivity index (χ1v) is 9.41. The van der Waals surface area contributed by atoms with Gasteiger partial charge >= 0.3 is 5.97 Å². The number of halogens is 2. The maximum Gasteiger partial charge on any atom is 0.341 e. The molecule has 154 valence electrons. The summed E-state index contributed by atoms with van der Waals surface area (Å²) in [4.78, 5) is 34.2. The maximum atomic E-state index is 12.2. The lowest BCUT2D eigenvalue weighted by molar-refractivity contribution is -0.139. The third kappa shape index (κ3) is 5.95. The molecule has 7 nitrogen and oxygen atoms in total. The number of primary amides is 1. The molecule has 1 amide bonds. The van der Waals surface area contributed by atoms with Crippen molar-refractivity contribution >= 4 is 46.4 Å². The van der Waals surface area contributed by atoms with Gasteiger partial charge in [-0.2, -0.15) is 0 Å². The van der Waals surface area contributed by atoms with Gasteiger partial charge in [0, 0.05) is 6.61 Å². The molecule has 2 atom stereocenters. The van der Waals surface area contributed by atoms with E-state index < -0.39 is 24.4 Å². The average Bonchev–Trinajstić information content (AvgIpc) is 2.63. The fourth-order valence-electron chi connectivity index (χ4n) is 2.85. The summed E-state index contributed by atoms with van der Waals surface area (Å²) in [7, 11) is 0. The quantitative estimate of drug-likeness (QED) is 0.594. The zero-order valence-electron chi connectivity index (χ0n) is 15.6. The molecular formula is C19H23Cl2NO6. The zero-order chi connectivity index (χ0) is 21.4. The number of aliphatic hydroxyl groups excluding tert-OH is 1. The number of ether oxygens (including phenoxy) is 1. The average molecular weight is 432 g/mol. The van der Waals surface area contributed by atoms with Crippen LogP contribution < -0.4 is 10.5 Å². The Balaban J connectivity index is 0.00000122. The number of ketones is 1. The highest BCUT2D eigenvalue weighted by Crippen LogP contribution is 2.43. The van der Waals surface area contributed by atoms with Gasteiger partial charge in [0.05, 0.1) is 5.02 Å². The van der Waals surface area contributed by atoms with Crippen LogP contribution in [0, 0.1) is 11.8 Å². The van der Waals surface area contributed by atoms with Crippen molar-refractivity contribution in [2.45, 2.75) is 26.7 Å². The van der Waals surface area contributed by atoms with E-state index in [9.17, 15) is 14.4 Å². The van der Waals surface area contributed by atoms with E-state index in [2.05, 4.69) is 0 Å². The Morgan fingerprint density at radius 3 is 2.36 bits per heavy atom. The van der Waals surface area contributed by atoms with Crippen molar-refractivity contribution in [3.05, 3.63) is 33.8 Å². The summed E-state index contributed by atoms with van der Waals surface area (Å²) in [5.41, 5.74) is 6.52. The van der Waals surface area contributed by atoms with Gasteiger partial charge in [0.15, 0.2) is 12.4 Å². The van der Waals surface area contributed by atoms with Crippen LogP contribution >= 0.6 is 23.2 Å². The highest BCUT2D eigenvalue weighted by atomic mass is 35.5. The maximum absolute atomic E-state index is 12.2. The monoisotopic (exact) mass is 431 g/mol. The minimum absolute atomic E-state index is 0.0700. The molecule has 0 spiro atoms. The number of allylic oxidation sites excluding steroid dienone is 2. The van der Waals surface area contributed by atoms with E-state index in [1.54, 1.807) is 13.0 Å². The lowest BCUT2D eigenvalue weighted by Gasteiger charge is -2.28. The van der Waals surface area contributed by atoms with E-state index in [4.69, 9.17) is 43.9 Å². The van der Waals surface area contributed by atoms with E-state index in [1.807, 2.05) is 6.92 Å². The molecule has 9 heteroatoms. The van der Waals surface area contributed by atoms with Gasteiger partial charge in [-0.15, -0.1) is 0 Å².